The van der Waals surface area contributed by atoms with Crippen LogP contribution < -0.4 is 0 Å². The third kappa shape index (κ3) is 6.28. The van der Waals surface area contributed by atoms with Crippen LogP contribution in [-0.4, -0.2) is 30.4 Å². The van der Waals surface area contributed by atoms with Crippen molar-refractivity contribution in [2.24, 2.45) is 0 Å². The van der Waals surface area contributed by atoms with Crippen molar-refractivity contribution < 1.29 is 18.1 Å². The van der Waals surface area contributed by atoms with Crippen LogP contribution >= 0.6 is 0 Å². The van der Waals surface area contributed by atoms with Gasteiger partial charge in [0.25, 0.3) is 10.1 Å². The molecule has 67 valence electrons. The van der Waals surface area contributed by atoms with E-state index in [0.29, 0.717) is 12.3 Å². The minimum Gasteiger partial charge on any atom is -0.396 e. The molecule has 0 amide bonds. The first-order valence-corrected chi connectivity index (χ1v) is 5.00. The Morgan fingerprint density at radius 2 is 2.00 bits per heavy atom. The lowest BCUT2D eigenvalue weighted by atomic mass is 10.1. The Labute approximate surface area is 67.0 Å². The smallest absolute Gasteiger partial charge is 0.265 e. The first-order valence-electron chi connectivity index (χ1n) is 3.39. The summed E-state index contributed by atoms with van der Waals surface area (Å²) >= 11 is 0. The Bertz CT molecular complexity index is 185. The molecule has 0 saturated carbocycles. The van der Waals surface area contributed by atoms with Gasteiger partial charge in [-0.2, -0.15) is 8.42 Å². The Balaban J connectivity index is 3.88. The topological polar surface area (TPSA) is 74.6 Å². The maximum atomic E-state index is 10.3. The van der Waals surface area contributed by atoms with Gasteiger partial charge in [0.15, 0.2) is 0 Å². The molecule has 0 aliphatic carbocycles. The van der Waals surface area contributed by atoms with E-state index in [-0.39, 0.29) is 6.61 Å². The average Bonchev–Trinajstić information content (AvgIpc) is 1.84. The van der Waals surface area contributed by atoms with Crippen molar-refractivity contribution in [1.29, 1.82) is 0 Å². The van der Waals surface area contributed by atoms with Crippen molar-refractivity contribution in [3.63, 3.8) is 0 Å². The van der Waals surface area contributed by atoms with E-state index in [9.17, 15) is 8.42 Å². The molecule has 0 bridgehead atoms. The lowest BCUT2D eigenvalue weighted by Crippen LogP contribution is -2.16. The van der Waals surface area contributed by atoms with Crippen LogP contribution in [0.2, 0.25) is 0 Å². The highest BCUT2D eigenvalue weighted by atomic mass is 32.2. The van der Waals surface area contributed by atoms with E-state index in [1.807, 2.05) is 6.92 Å². The maximum Gasteiger partial charge on any atom is 0.265 e. The van der Waals surface area contributed by atoms with Gasteiger partial charge in [-0.15, -0.1) is 0 Å². The quantitative estimate of drug-likeness (QED) is 0.596. The molecule has 0 spiro atoms. The fourth-order valence-electron chi connectivity index (χ4n) is 0.808. The molecule has 5 heteroatoms. The largest absolute Gasteiger partial charge is 0.396 e. The molecule has 0 aliphatic heterocycles. The van der Waals surface area contributed by atoms with Gasteiger partial charge in [0.2, 0.25) is 0 Å². The van der Waals surface area contributed by atoms with Crippen LogP contribution in [0, 0.1) is 5.92 Å². The highest BCUT2D eigenvalue weighted by Gasteiger charge is 2.15. The zero-order chi connectivity index (χ0) is 8.91. The van der Waals surface area contributed by atoms with E-state index in [1.165, 1.54) is 0 Å². The molecule has 0 heterocycles. The predicted molar refractivity (Wildman–Crippen MR) is 41.7 cm³/mol. The van der Waals surface area contributed by atoms with Crippen LogP contribution in [0.4, 0.5) is 0 Å². The van der Waals surface area contributed by atoms with Crippen molar-refractivity contribution in [2.75, 3.05) is 12.4 Å². The molecule has 0 rings (SSSR count). The minimum atomic E-state index is -3.95. The number of aliphatic hydroxyl groups excluding tert-OH is 1. The molecular weight excluding hydrogens is 168 g/mol. The second kappa shape index (κ2) is 4.69. The zero-order valence-electron chi connectivity index (χ0n) is 6.45. The van der Waals surface area contributed by atoms with Crippen molar-refractivity contribution in [3.05, 3.63) is 5.92 Å². The van der Waals surface area contributed by atoms with Gasteiger partial charge in [0.05, 0.1) is 12.4 Å². The Hall–Kier alpha value is -0.130. The molecule has 0 aliphatic rings. The van der Waals surface area contributed by atoms with Gasteiger partial charge in [-0.25, -0.2) is 0 Å². The lowest BCUT2D eigenvalue weighted by molar-refractivity contribution is 0.301. The molecule has 2 N–H and O–H groups in total. The molecule has 0 aromatic rings. The summed E-state index contributed by atoms with van der Waals surface area (Å²) in [5.41, 5.74) is 0. The van der Waals surface area contributed by atoms with Gasteiger partial charge in [-0.05, 0) is 6.42 Å². The fraction of sp³-hybridized carbons (Fsp3) is 0.833. The van der Waals surface area contributed by atoms with E-state index in [4.69, 9.17) is 9.66 Å². The van der Waals surface area contributed by atoms with E-state index in [2.05, 4.69) is 0 Å². The molecule has 1 radical (unpaired) electrons. The van der Waals surface area contributed by atoms with Gasteiger partial charge in [0.1, 0.15) is 0 Å². The lowest BCUT2D eigenvalue weighted by Gasteiger charge is -2.08. The first-order chi connectivity index (χ1) is 4.99. The first kappa shape index (κ1) is 10.9. The third-order valence-electron chi connectivity index (χ3n) is 1.21. The fourth-order valence-corrected chi connectivity index (χ4v) is 1.56. The van der Waals surface area contributed by atoms with Crippen LogP contribution in [-0.2, 0) is 10.1 Å². The molecule has 0 unspecified atom stereocenters. The monoisotopic (exact) mass is 181 g/mol. The normalized spacial score (nSPS) is 12.4. The highest BCUT2D eigenvalue weighted by molar-refractivity contribution is 7.85. The summed E-state index contributed by atoms with van der Waals surface area (Å²) in [5, 5.41) is 8.61. The Morgan fingerprint density at radius 1 is 1.45 bits per heavy atom. The van der Waals surface area contributed by atoms with Crippen LogP contribution in [0.1, 0.15) is 19.8 Å². The second-order valence-electron chi connectivity index (χ2n) is 2.38. The van der Waals surface area contributed by atoms with Gasteiger partial charge in [-0.3, -0.25) is 4.55 Å². The van der Waals surface area contributed by atoms with Crippen molar-refractivity contribution in [1.82, 2.24) is 0 Å². The zero-order valence-corrected chi connectivity index (χ0v) is 7.26. The van der Waals surface area contributed by atoms with E-state index < -0.39 is 15.9 Å². The average molecular weight is 181 g/mol. The molecule has 0 saturated heterocycles. The summed E-state index contributed by atoms with van der Waals surface area (Å²) in [6.07, 6.45) is 1.31. The van der Waals surface area contributed by atoms with Gasteiger partial charge < -0.3 is 5.11 Å². The number of rotatable bonds is 5. The number of hydrogen-bond donors (Lipinski definition) is 2. The summed E-state index contributed by atoms with van der Waals surface area (Å²) in [4.78, 5) is 0. The Kier molecular flexibility index (Phi) is 4.63. The summed E-state index contributed by atoms with van der Waals surface area (Å²) < 4.78 is 29.0. The number of aliphatic hydroxyl groups is 1. The summed E-state index contributed by atoms with van der Waals surface area (Å²) in [6, 6.07) is 0. The van der Waals surface area contributed by atoms with Crippen molar-refractivity contribution in [3.8, 4) is 0 Å². The third-order valence-corrected chi connectivity index (χ3v) is 1.99. The van der Waals surface area contributed by atoms with Gasteiger partial charge in [-0.1, -0.05) is 13.3 Å². The maximum absolute atomic E-state index is 10.3. The van der Waals surface area contributed by atoms with Crippen molar-refractivity contribution in [2.45, 2.75) is 19.8 Å². The highest BCUT2D eigenvalue weighted by Crippen LogP contribution is 2.09. The molecular formula is C6H13O4S. The van der Waals surface area contributed by atoms with E-state index in [1.54, 1.807) is 0 Å². The summed E-state index contributed by atoms with van der Waals surface area (Å²) in [6.45, 7) is 1.60. The summed E-state index contributed by atoms with van der Waals surface area (Å²) in [7, 11) is -3.95. The Morgan fingerprint density at radius 3 is 2.27 bits per heavy atom. The van der Waals surface area contributed by atoms with Crippen molar-refractivity contribution >= 4 is 10.1 Å². The van der Waals surface area contributed by atoms with Gasteiger partial charge >= 0.3 is 0 Å². The minimum absolute atomic E-state index is 0.270. The van der Waals surface area contributed by atoms with Crippen LogP contribution in [0.25, 0.3) is 0 Å². The molecule has 0 fully saturated rings. The second-order valence-corrected chi connectivity index (χ2v) is 3.84. The predicted octanol–water partition coefficient (Wildman–Crippen LogP) is 0.241. The SMILES string of the molecule is CCC[C](CO)CS(=O)(=O)O. The molecule has 4 nitrogen and oxygen atoms in total. The molecule has 0 aromatic carbocycles. The van der Waals surface area contributed by atoms with E-state index in [0.717, 1.165) is 6.42 Å². The molecule has 0 atom stereocenters. The molecule has 0 aromatic heterocycles. The van der Waals surface area contributed by atoms with Gasteiger partial charge in [0, 0.05) is 5.92 Å². The number of hydrogen-bond acceptors (Lipinski definition) is 3. The van der Waals surface area contributed by atoms with Crippen LogP contribution in [0.15, 0.2) is 0 Å². The van der Waals surface area contributed by atoms with E-state index >= 15 is 0 Å². The summed E-state index contributed by atoms with van der Waals surface area (Å²) in [5.74, 6) is 0.0344. The standard InChI is InChI=1S/C6H13O4S/c1-2-3-6(4-7)5-11(8,9)10/h7H,2-5H2,1H3,(H,8,9,10). The molecule has 11 heavy (non-hydrogen) atoms. The van der Waals surface area contributed by atoms with Crippen LogP contribution in [0.3, 0.4) is 0 Å². The van der Waals surface area contributed by atoms with Crippen LogP contribution in [0.5, 0.6) is 0 Å².